The average Bonchev–Trinajstić information content (AvgIpc) is 3.11. The molecule has 5 atom stereocenters. The number of piperazine rings is 1. The van der Waals surface area contributed by atoms with Crippen molar-refractivity contribution in [2.45, 2.75) is 62.1 Å². The van der Waals surface area contributed by atoms with Crippen molar-refractivity contribution in [3.05, 3.63) is 64.4 Å². The third kappa shape index (κ3) is 7.50. The highest BCUT2D eigenvalue weighted by Gasteiger charge is 2.48. The van der Waals surface area contributed by atoms with Crippen LogP contribution in [0.15, 0.2) is 42.5 Å². The summed E-state index contributed by atoms with van der Waals surface area (Å²) in [5, 5.41) is 18.7. The quantitative estimate of drug-likeness (QED) is 0.292. The molecule has 2 aromatic carbocycles. The number of carboxylic acid groups (broad SMARTS) is 1. The number of hydrogen-bond acceptors (Lipinski definition) is 7. The van der Waals surface area contributed by atoms with Crippen LogP contribution in [-0.2, 0) is 37.9 Å². The van der Waals surface area contributed by atoms with Crippen LogP contribution in [0.1, 0.15) is 43.2 Å². The van der Waals surface area contributed by atoms with Crippen LogP contribution in [0.5, 0.6) is 0 Å². The fraction of sp³-hybridized carbons (Fsp3) is 0.517. The predicted molar refractivity (Wildman–Crippen MR) is 166 cm³/mol. The molecule has 3 heterocycles. The molecule has 3 saturated heterocycles. The van der Waals surface area contributed by atoms with Crippen LogP contribution in [0.25, 0.3) is 0 Å². The Morgan fingerprint density at radius 1 is 1.20 bits per heavy atom. The van der Waals surface area contributed by atoms with Gasteiger partial charge in [-0.2, -0.15) is 4.31 Å². The van der Waals surface area contributed by atoms with Crippen LogP contribution in [0.4, 0.5) is 14.9 Å². The summed E-state index contributed by atoms with van der Waals surface area (Å²) in [7, 11) is -3.45. The number of benzene rings is 2. The Labute approximate surface area is 269 Å². The van der Waals surface area contributed by atoms with Crippen LogP contribution < -0.4 is 16.0 Å². The Hall–Kier alpha value is -2.66. The number of fused-ring (bicyclic) bond motifs is 2. The number of carbonyl (C=O) groups excluding carboxylic acids is 1. The predicted octanol–water partition coefficient (Wildman–Crippen LogP) is 2.58. The largest absolute Gasteiger partial charge is 0.760 e. The minimum absolute atomic E-state index is 0.0463. The van der Waals surface area contributed by atoms with Gasteiger partial charge in [0.1, 0.15) is 11.9 Å². The molecule has 0 spiro atoms. The molecule has 2 amide bonds. The van der Waals surface area contributed by atoms with E-state index in [1.54, 1.807) is 24.3 Å². The van der Waals surface area contributed by atoms with Gasteiger partial charge in [-0.25, -0.2) is 21.9 Å². The Balaban J connectivity index is 1.42. The molecule has 3 fully saturated rings. The Kier molecular flexibility index (Phi) is 10.5. The number of sulfonamides is 1. The van der Waals surface area contributed by atoms with Gasteiger partial charge in [0.15, 0.2) is 0 Å². The van der Waals surface area contributed by atoms with Gasteiger partial charge in [-0.1, -0.05) is 29.8 Å². The smallest absolute Gasteiger partial charge is 0.405 e. The zero-order valence-electron chi connectivity index (χ0n) is 24.4. The maximum atomic E-state index is 15.3. The summed E-state index contributed by atoms with van der Waals surface area (Å²) in [4.78, 5) is 26.1. The first-order valence-electron chi connectivity index (χ1n) is 14.8. The van der Waals surface area contributed by atoms with Gasteiger partial charge in [-0.05, 0) is 68.4 Å². The first kappa shape index (κ1) is 33.7. The van der Waals surface area contributed by atoms with Crippen LogP contribution in [0.2, 0.25) is 5.02 Å². The van der Waals surface area contributed by atoms with Gasteiger partial charge < -0.3 is 25.6 Å². The molecule has 0 radical (unpaired) electrons. The number of nitrogens with one attached hydrogen (secondary N) is 3. The topological polar surface area (TPSA) is 171 Å². The second-order valence-corrected chi connectivity index (χ2v) is 15.2. The highest BCUT2D eigenvalue weighted by Crippen LogP contribution is 2.40. The molecule has 3 aliphatic rings. The molecule has 45 heavy (non-hydrogen) atoms. The Bertz CT molecular complexity index is 1540. The summed E-state index contributed by atoms with van der Waals surface area (Å²) in [6.45, 7) is 0.884. The van der Waals surface area contributed by atoms with Crippen molar-refractivity contribution in [1.29, 1.82) is 0 Å². The van der Waals surface area contributed by atoms with Gasteiger partial charge in [0.2, 0.25) is 15.9 Å². The average molecular weight is 685 g/mol. The van der Waals surface area contributed by atoms with Gasteiger partial charge in [-0.15, -0.1) is 0 Å². The molecule has 16 heteroatoms. The van der Waals surface area contributed by atoms with E-state index in [4.69, 9.17) is 11.6 Å². The van der Waals surface area contributed by atoms with E-state index in [9.17, 15) is 31.9 Å². The van der Waals surface area contributed by atoms with Crippen molar-refractivity contribution >= 4 is 50.6 Å². The Morgan fingerprint density at radius 3 is 2.58 bits per heavy atom. The molecule has 2 aromatic rings. The van der Waals surface area contributed by atoms with E-state index in [-0.39, 0.29) is 61.4 Å². The molecule has 0 aromatic heterocycles. The number of carbonyl (C=O) groups is 2. The third-order valence-electron chi connectivity index (χ3n) is 9.19. The van der Waals surface area contributed by atoms with Gasteiger partial charge >= 0.3 is 6.09 Å². The van der Waals surface area contributed by atoms with E-state index in [0.29, 0.717) is 36.5 Å². The van der Waals surface area contributed by atoms with E-state index in [1.165, 1.54) is 26.8 Å². The maximum absolute atomic E-state index is 15.3. The van der Waals surface area contributed by atoms with E-state index < -0.39 is 50.6 Å². The lowest BCUT2D eigenvalue weighted by molar-refractivity contribution is -0.120. The highest BCUT2D eigenvalue weighted by molar-refractivity contribution is 7.89. The monoisotopic (exact) mass is 684 g/mol. The molecule has 3 aliphatic heterocycles. The van der Waals surface area contributed by atoms with E-state index in [1.807, 2.05) is 0 Å². The molecule has 4 N–H and O–H groups in total. The van der Waals surface area contributed by atoms with E-state index in [0.717, 1.165) is 6.42 Å². The minimum atomic E-state index is -3.45. The summed E-state index contributed by atoms with van der Waals surface area (Å²) in [5.41, 5.74) is -0.242. The van der Waals surface area contributed by atoms with Crippen molar-refractivity contribution < 1.29 is 36.3 Å². The lowest BCUT2D eigenvalue weighted by Gasteiger charge is -2.46. The van der Waals surface area contributed by atoms with Crippen LogP contribution >= 0.6 is 11.6 Å². The molecule has 5 rings (SSSR count). The van der Waals surface area contributed by atoms with Crippen LogP contribution in [0, 0.1) is 5.82 Å². The first-order chi connectivity index (χ1) is 21.4. The minimum Gasteiger partial charge on any atom is -0.760 e. The number of piperidine rings is 1. The normalized spacial score (nSPS) is 25.8. The molecule has 2 unspecified atom stereocenters. The number of amides is 2. The molecule has 0 aliphatic carbocycles. The lowest BCUT2D eigenvalue weighted by Crippen LogP contribution is -2.60. The lowest BCUT2D eigenvalue weighted by atomic mass is 9.67. The second kappa shape index (κ2) is 14.0. The summed E-state index contributed by atoms with van der Waals surface area (Å²) >= 11 is 3.62. The third-order valence-corrected chi connectivity index (χ3v) is 12.2. The zero-order chi connectivity index (χ0) is 32.4. The van der Waals surface area contributed by atoms with Crippen molar-refractivity contribution in [3.8, 4) is 0 Å². The van der Waals surface area contributed by atoms with Gasteiger partial charge in [-0.3, -0.25) is 9.00 Å². The molecular formula is C29H36ClFN5O7S2-. The fourth-order valence-electron chi connectivity index (χ4n) is 6.83. The maximum Gasteiger partial charge on any atom is 0.405 e. The molecular weight excluding hydrogens is 649 g/mol. The second-order valence-electron chi connectivity index (χ2n) is 11.8. The number of anilines is 1. The highest BCUT2D eigenvalue weighted by atomic mass is 35.5. The summed E-state index contributed by atoms with van der Waals surface area (Å²) in [6.07, 6.45) is 0.545. The number of halogens is 2. The van der Waals surface area contributed by atoms with E-state index >= 15 is 4.39 Å². The SMILES string of the molecule is O=C(O)N[C@H](C(=O)Nc1cccc(F)c1CC[C@H]1CN[C@@H]2CCCS(=O)(=O)N1C2)C1(c2ccc(Cl)cc2)CCN(S(=O)[O-])CC1. The van der Waals surface area contributed by atoms with Gasteiger partial charge in [0.25, 0.3) is 0 Å². The van der Waals surface area contributed by atoms with E-state index in [2.05, 4.69) is 16.0 Å². The van der Waals surface area contributed by atoms with Crippen LogP contribution in [0.3, 0.4) is 0 Å². The van der Waals surface area contributed by atoms with Crippen LogP contribution in [-0.4, -0.2) is 93.0 Å². The first-order valence-corrected chi connectivity index (χ1v) is 17.8. The molecule has 246 valence electrons. The van der Waals surface area contributed by atoms with Crippen molar-refractivity contribution in [1.82, 2.24) is 19.2 Å². The number of nitrogens with zero attached hydrogens (tertiary/aromatic N) is 2. The summed E-state index contributed by atoms with van der Waals surface area (Å²) in [5.74, 6) is -1.26. The fourth-order valence-corrected chi connectivity index (χ4v) is 9.24. The number of rotatable bonds is 9. The zero-order valence-corrected chi connectivity index (χ0v) is 26.8. The molecule has 0 saturated carbocycles. The molecule has 2 bridgehead atoms. The van der Waals surface area contributed by atoms with Crippen molar-refractivity contribution in [2.75, 3.05) is 37.2 Å². The summed E-state index contributed by atoms with van der Waals surface area (Å²) in [6, 6.07) is 9.11. The van der Waals surface area contributed by atoms with Crippen molar-refractivity contribution in [3.63, 3.8) is 0 Å². The Morgan fingerprint density at radius 2 is 1.91 bits per heavy atom. The van der Waals surface area contributed by atoms with Gasteiger partial charge in [0, 0.05) is 71.2 Å². The standard InChI is InChI=1S/C29H37ClFN5O7S2/c30-20-8-6-19(7-9-20)29(12-14-35(15-13-29)44(40)41)26(34-28(38)39)27(37)33-25-5-1-4-24(31)23(25)11-10-22-17-32-21-3-2-16-45(42,43)36(22)18-21/h1,4-9,21-22,26,32,34H,2-3,10-18H2,(H,33,37)(H,38,39)(H,40,41)/p-1/t21-,22+,26-/m1/s1. The molecule has 12 nitrogen and oxygen atoms in total. The number of hydrogen-bond donors (Lipinski definition) is 4. The summed E-state index contributed by atoms with van der Waals surface area (Å²) < 4.78 is 67.2. The van der Waals surface area contributed by atoms with Gasteiger partial charge in [0.05, 0.1) is 5.75 Å². The van der Waals surface area contributed by atoms with Crippen molar-refractivity contribution in [2.24, 2.45) is 0 Å².